The molecule has 0 aliphatic carbocycles. The lowest BCUT2D eigenvalue weighted by Gasteiger charge is -2.03. The smallest absolute Gasteiger partial charge is 0.121 e. The highest BCUT2D eigenvalue weighted by molar-refractivity contribution is 6.17. The quantitative estimate of drug-likeness (QED) is 0.657. The molecule has 0 atom stereocenters. The Kier molecular flexibility index (Phi) is 3.57. The van der Waals surface area contributed by atoms with Crippen LogP contribution >= 0.6 is 11.6 Å². The Morgan fingerprint density at radius 1 is 1.17 bits per heavy atom. The van der Waals surface area contributed by atoms with Gasteiger partial charge in [0.05, 0.1) is 6.61 Å². The van der Waals surface area contributed by atoms with Crippen molar-refractivity contribution >= 4 is 11.6 Å². The Morgan fingerprint density at radius 2 is 1.75 bits per heavy atom. The molecule has 1 aromatic carbocycles. The Morgan fingerprint density at radius 3 is 2.25 bits per heavy atom. The zero-order valence-electron chi connectivity index (χ0n) is 7.43. The van der Waals surface area contributed by atoms with E-state index >= 15 is 0 Å². The number of aryl methyl sites for hydroxylation is 2. The van der Waals surface area contributed by atoms with E-state index in [1.165, 1.54) is 16.7 Å². The van der Waals surface area contributed by atoms with Crippen molar-refractivity contribution in [2.45, 2.75) is 20.5 Å². The third-order valence-corrected chi connectivity index (χ3v) is 1.78. The van der Waals surface area contributed by atoms with E-state index < -0.39 is 0 Å². The molecular weight excluding hydrogens is 172 g/mol. The van der Waals surface area contributed by atoms with Gasteiger partial charge in [-0.05, 0) is 19.4 Å². The highest BCUT2D eigenvalue weighted by Gasteiger charge is 1.94. The fourth-order valence-corrected chi connectivity index (χ4v) is 1.39. The van der Waals surface area contributed by atoms with Crippen LogP contribution in [0.5, 0.6) is 0 Å². The average Bonchev–Trinajstić information content (AvgIpc) is 1.99. The van der Waals surface area contributed by atoms with Crippen molar-refractivity contribution in [2.24, 2.45) is 0 Å². The topological polar surface area (TPSA) is 9.23 Å². The van der Waals surface area contributed by atoms with Gasteiger partial charge >= 0.3 is 0 Å². The molecule has 66 valence electrons. The molecule has 0 aliphatic heterocycles. The van der Waals surface area contributed by atoms with Gasteiger partial charge < -0.3 is 4.74 Å². The summed E-state index contributed by atoms with van der Waals surface area (Å²) in [4.78, 5) is 0. The Bertz CT molecular complexity index is 238. The number of halogens is 1. The maximum Gasteiger partial charge on any atom is 0.121 e. The maximum atomic E-state index is 5.41. The first kappa shape index (κ1) is 9.56. The van der Waals surface area contributed by atoms with Gasteiger partial charge in [-0.2, -0.15) is 0 Å². The zero-order valence-corrected chi connectivity index (χ0v) is 8.19. The molecule has 2 heteroatoms. The molecule has 1 nitrogen and oxygen atoms in total. The summed E-state index contributed by atoms with van der Waals surface area (Å²) >= 11 is 5.41. The highest BCUT2D eigenvalue weighted by atomic mass is 35.5. The highest BCUT2D eigenvalue weighted by Crippen LogP contribution is 2.09. The first-order chi connectivity index (χ1) is 5.72. The van der Waals surface area contributed by atoms with Crippen LogP contribution in [0.1, 0.15) is 16.7 Å². The van der Waals surface area contributed by atoms with Crippen LogP contribution in [-0.4, -0.2) is 6.07 Å². The summed E-state index contributed by atoms with van der Waals surface area (Å²) < 4.78 is 5.09. The SMILES string of the molecule is Cc1cc(C)cc(COCCl)c1. The number of alkyl halides is 1. The van der Waals surface area contributed by atoms with Crippen LogP contribution < -0.4 is 0 Å². The first-order valence-electron chi connectivity index (χ1n) is 3.93. The van der Waals surface area contributed by atoms with Crippen LogP contribution in [0.4, 0.5) is 0 Å². The number of hydrogen-bond acceptors (Lipinski definition) is 1. The van der Waals surface area contributed by atoms with E-state index in [1.54, 1.807) is 0 Å². The van der Waals surface area contributed by atoms with Crippen molar-refractivity contribution in [1.82, 2.24) is 0 Å². The normalized spacial score (nSPS) is 10.2. The number of ether oxygens (including phenoxy) is 1. The molecule has 0 heterocycles. The van der Waals surface area contributed by atoms with Gasteiger partial charge in [0.1, 0.15) is 6.07 Å². The van der Waals surface area contributed by atoms with Gasteiger partial charge in [-0.25, -0.2) is 0 Å². The lowest BCUT2D eigenvalue weighted by atomic mass is 10.1. The third kappa shape index (κ3) is 2.84. The van der Waals surface area contributed by atoms with Gasteiger partial charge in [0.25, 0.3) is 0 Å². The lowest BCUT2D eigenvalue weighted by molar-refractivity contribution is 0.165. The summed E-state index contributed by atoms with van der Waals surface area (Å²) in [6, 6.07) is 6.62. The van der Waals surface area contributed by atoms with Crippen molar-refractivity contribution in [3.63, 3.8) is 0 Å². The van der Waals surface area contributed by atoms with E-state index in [0.717, 1.165) is 0 Å². The molecule has 0 bridgehead atoms. The average molecular weight is 185 g/mol. The number of hydrogen-bond donors (Lipinski definition) is 0. The van der Waals surface area contributed by atoms with Crippen molar-refractivity contribution in [3.05, 3.63) is 34.9 Å². The molecule has 0 N–H and O–H groups in total. The second-order valence-electron chi connectivity index (χ2n) is 2.95. The molecular formula is C10H13ClO. The van der Waals surface area contributed by atoms with E-state index in [0.29, 0.717) is 6.61 Å². The monoisotopic (exact) mass is 184 g/mol. The zero-order chi connectivity index (χ0) is 8.97. The van der Waals surface area contributed by atoms with Crippen molar-refractivity contribution in [2.75, 3.05) is 6.07 Å². The molecule has 0 aliphatic rings. The van der Waals surface area contributed by atoms with Gasteiger partial charge in [-0.1, -0.05) is 40.9 Å². The van der Waals surface area contributed by atoms with E-state index in [4.69, 9.17) is 16.3 Å². The lowest BCUT2D eigenvalue weighted by Crippen LogP contribution is -1.91. The summed E-state index contributed by atoms with van der Waals surface area (Å²) in [5, 5.41) is 0. The van der Waals surface area contributed by atoms with Crippen LogP contribution in [0.15, 0.2) is 18.2 Å². The second-order valence-corrected chi connectivity index (χ2v) is 3.17. The standard InChI is InChI=1S/C10H13ClO/c1-8-3-9(2)5-10(4-8)6-12-7-11/h3-5H,6-7H2,1-2H3. The third-order valence-electron chi connectivity index (χ3n) is 1.63. The summed E-state index contributed by atoms with van der Waals surface area (Å²) in [6.07, 6.45) is 0. The molecule has 0 spiro atoms. The van der Waals surface area contributed by atoms with Crippen LogP contribution in [0.2, 0.25) is 0 Å². The van der Waals surface area contributed by atoms with Gasteiger partial charge in [0, 0.05) is 0 Å². The Balaban J connectivity index is 2.72. The van der Waals surface area contributed by atoms with Gasteiger partial charge in [0.15, 0.2) is 0 Å². The van der Waals surface area contributed by atoms with Gasteiger partial charge in [-0.3, -0.25) is 0 Å². The minimum absolute atomic E-state index is 0.257. The Hall–Kier alpha value is -0.530. The first-order valence-corrected chi connectivity index (χ1v) is 4.46. The largest absolute Gasteiger partial charge is 0.361 e. The number of benzene rings is 1. The van der Waals surface area contributed by atoms with Crippen LogP contribution in [-0.2, 0) is 11.3 Å². The second kappa shape index (κ2) is 4.48. The summed E-state index contributed by atoms with van der Waals surface area (Å²) in [5.74, 6) is 0. The van der Waals surface area contributed by atoms with Crippen molar-refractivity contribution < 1.29 is 4.74 Å². The van der Waals surface area contributed by atoms with Crippen molar-refractivity contribution in [1.29, 1.82) is 0 Å². The summed E-state index contributed by atoms with van der Waals surface area (Å²) in [5.41, 5.74) is 3.72. The molecule has 1 rings (SSSR count). The molecule has 0 saturated carbocycles. The molecule has 12 heavy (non-hydrogen) atoms. The molecule has 0 unspecified atom stereocenters. The van der Waals surface area contributed by atoms with Crippen molar-refractivity contribution in [3.8, 4) is 0 Å². The maximum absolute atomic E-state index is 5.41. The van der Waals surface area contributed by atoms with Gasteiger partial charge in [-0.15, -0.1) is 0 Å². The number of rotatable bonds is 3. The molecule has 1 aromatic rings. The molecule has 0 amide bonds. The predicted octanol–water partition coefficient (Wildman–Crippen LogP) is 3.02. The van der Waals surface area contributed by atoms with E-state index in [-0.39, 0.29) is 6.07 Å². The summed E-state index contributed by atoms with van der Waals surface area (Å²) in [7, 11) is 0. The molecule has 0 saturated heterocycles. The van der Waals surface area contributed by atoms with E-state index in [1.807, 2.05) is 0 Å². The predicted molar refractivity (Wildman–Crippen MR) is 51.4 cm³/mol. The minimum atomic E-state index is 0.257. The van der Waals surface area contributed by atoms with Crippen LogP contribution in [0, 0.1) is 13.8 Å². The molecule has 0 fully saturated rings. The fraction of sp³-hybridized carbons (Fsp3) is 0.400. The summed E-state index contributed by atoms with van der Waals surface area (Å²) in [6.45, 7) is 4.76. The van der Waals surface area contributed by atoms with Crippen LogP contribution in [0.3, 0.4) is 0 Å². The molecule has 0 aromatic heterocycles. The van der Waals surface area contributed by atoms with E-state index in [2.05, 4.69) is 32.0 Å². The minimum Gasteiger partial charge on any atom is -0.361 e. The van der Waals surface area contributed by atoms with Gasteiger partial charge in [0.2, 0.25) is 0 Å². The molecule has 0 radical (unpaired) electrons. The van der Waals surface area contributed by atoms with Crippen LogP contribution in [0.25, 0.3) is 0 Å². The Labute approximate surface area is 78.3 Å². The fourth-order valence-electron chi connectivity index (χ4n) is 1.31. The van der Waals surface area contributed by atoms with E-state index in [9.17, 15) is 0 Å².